The molecule has 2 aliphatic rings. The van der Waals surface area contributed by atoms with Gasteiger partial charge in [-0.1, -0.05) is 32.1 Å². The largest absolute Gasteiger partial charge is 0.456 e. The fraction of sp³-hybridized carbons (Fsp3) is 0.700. The second-order valence-corrected chi connectivity index (χ2v) is 7.95. The number of fused-ring (bicyclic) bond motifs is 1. The standard InChI is InChI=1S/C20H30O4/c1-7-12(4)19(23)24-18-15(11(2)3)10-20(6)13(5)8-14(21)9-16(20)17(18)22/h7,13,15-18,22H,2,8-10H2,1,3-6H3/b12-7-/t13-,15+,16+,17-,18+,20+/m0/s1. The Balaban J connectivity index is 2.35. The summed E-state index contributed by atoms with van der Waals surface area (Å²) in [4.78, 5) is 24.3. The zero-order valence-corrected chi connectivity index (χ0v) is 15.5. The van der Waals surface area contributed by atoms with Crippen molar-refractivity contribution >= 4 is 11.8 Å². The van der Waals surface area contributed by atoms with Gasteiger partial charge in [-0.2, -0.15) is 0 Å². The van der Waals surface area contributed by atoms with Crippen molar-refractivity contribution in [2.75, 3.05) is 0 Å². The summed E-state index contributed by atoms with van der Waals surface area (Å²) in [5.41, 5.74) is 1.29. The lowest BCUT2D eigenvalue weighted by molar-refractivity contribution is -0.183. The molecular weight excluding hydrogens is 304 g/mol. The maximum absolute atomic E-state index is 12.2. The molecule has 2 aliphatic carbocycles. The van der Waals surface area contributed by atoms with E-state index in [1.165, 1.54) is 0 Å². The van der Waals surface area contributed by atoms with E-state index in [1.54, 1.807) is 19.9 Å². The van der Waals surface area contributed by atoms with Gasteiger partial charge in [0.25, 0.3) is 0 Å². The predicted molar refractivity (Wildman–Crippen MR) is 93.2 cm³/mol. The Labute approximate surface area is 145 Å². The maximum Gasteiger partial charge on any atom is 0.333 e. The summed E-state index contributed by atoms with van der Waals surface area (Å²) in [6.45, 7) is 13.7. The third-order valence-electron chi connectivity index (χ3n) is 6.39. The van der Waals surface area contributed by atoms with Gasteiger partial charge in [-0.3, -0.25) is 4.79 Å². The lowest BCUT2D eigenvalue weighted by Gasteiger charge is -2.55. The van der Waals surface area contributed by atoms with Crippen LogP contribution >= 0.6 is 0 Å². The van der Waals surface area contributed by atoms with Crippen LogP contribution in [-0.4, -0.2) is 29.1 Å². The Morgan fingerprint density at radius 3 is 2.54 bits per heavy atom. The first kappa shape index (κ1) is 18.9. The number of allylic oxidation sites excluding steroid dienone is 1. The molecule has 4 heteroatoms. The van der Waals surface area contributed by atoms with E-state index >= 15 is 0 Å². The monoisotopic (exact) mass is 334 g/mol. The van der Waals surface area contributed by atoms with Crippen molar-refractivity contribution in [3.05, 3.63) is 23.8 Å². The minimum atomic E-state index is -0.842. The molecule has 1 N–H and O–H groups in total. The minimum Gasteiger partial charge on any atom is -0.456 e. The zero-order valence-electron chi connectivity index (χ0n) is 15.5. The number of aliphatic hydroxyl groups excluding tert-OH is 1. The molecule has 134 valence electrons. The van der Waals surface area contributed by atoms with Crippen molar-refractivity contribution in [2.45, 2.75) is 66.1 Å². The summed E-state index contributed by atoms with van der Waals surface area (Å²) in [6.07, 6.45) is 1.92. The number of hydrogen-bond acceptors (Lipinski definition) is 4. The van der Waals surface area contributed by atoms with Gasteiger partial charge in [0.2, 0.25) is 0 Å². The van der Waals surface area contributed by atoms with Crippen LogP contribution < -0.4 is 0 Å². The molecule has 2 fully saturated rings. The third-order valence-corrected chi connectivity index (χ3v) is 6.39. The van der Waals surface area contributed by atoms with Crippen molar-refractivity contribution in [1.82, 2.24) is 0 Å². The Morgan fingerprint density at radius 2 is 2.00 bits per heavy atom. The number of hydrogen-bond donors (Lipinski definition) is 1. The summed E-state index contributed by atoms with van der Waals surface area (Å²) in [7, 11) is 0. The van der Waals surface area contributed by atoms with Crippen LogP contribution in [0.15, 0.2) is 23.8 Å². The van der Waals surface area contributed by atoms with E-state index < -0.39 is 18.2 Å². The smallest absolute Gasteiger partial charge is 0.333 e. The second-order valence-electron chi connectivity index (χ2n) is 7.95. The molecule has 0 heterocycles. The van der Waals surface area contributed by atoms with Crippen molar-refractivity contribution < 1.29 is 19.4 Å². The number of carbonyl (C=O) groups is 2. The number of esters is 1. The van der Waals surface area contributed by atoms with E-state index in [2.05, 4.69) is 20.4 Å². The number of carbonyl (C=O) groups excluding carboxylic acids is 2. The van der Waals surface area contributed by atoms with Gasteiger partial charge in [-0.15, -0.1) is 0 Å². The molecule has 0 saturated heterocycles. The Hall–Kier alpha value is -1.42. The van der Waals surface area contributed by atoms with Gasteiger partial charge in [0, 0.05) is 30.3 Å². The minimum absolute atomic E-state index is 0.0921. The molecule has 2 rings (SSSR count). The number of rotatable bonds is 3. The number of Topliss-reactive ketones (excluding diaryl/α,β-unsaturated/α-hetero) is 1. The molecule has 0 amide bonds. The van der Waals surface area contributed by atoms with Crippen molar-refractivity contribution in [1.29, 1.82) is 0 Å². The van der Waals surface area contributed by atoms with Gasteiger partial charge in [-0.25, -0.2) is 4.79 Å². The molecule has 0 radical (unpaired) electrons. The summed E-state index contributed by atoms with van der Waals surface area (Å²) in [5, 5.41) is 11.0. The SMILES string of the molecule is C=C(C)[C@H]1C[C@@]2(C)[C@H](CC(=O)C[C@@H]2C)[C@H](O)[C@@H]1OC(=O)/C(C)=C\C. The van der Waals surface area contributed by atoms with E-state index in [0.29, 0.717) is 18.4 Å². The second kappa shape index (κ2) is 6.83. The van der Waals surface area contributed by atoms with Crippen LogP contribution in [0.1, 0.15) is 53.9 Å². The van der Waals surface area contributed by atoms with Gasteiger partial charge in [0.1, 0.15) is 11.9 Å². The fourth-order valence-corrected chi connectivity index (χ4v) is 4.36. The van der Waals surface area contributed by atoms with Crippen LogP contribution in [-0.2, 0) is 14.3 Å². The van der Waals surface area contributed by atoms with Crippen molar-refractivity contribution in [3.8, 4) is 0 Å². The van der Waals surface area contributed by atoms with Gasteiger partial charge in [0.05, 0.1) is 6.10 Å². The first-order valence-electron chi connectivity index (χ1n) is 8.80. The molecule has 0 aromatic heterocycles. The van der Waals surface area contributed by atoms with E-state index in [9.17, 15) is 14.7 Å². The highest BCUT2D eigenvalue weighted by molar-refractivity contribution is 5.87. The molecule has 0 spiro atoms. The topological polar surface area (TPSA) is 63.6 Å². The van der Waals surface area contributed by atoms with Gasteiger partial charge >= 0.3 is 5.97 Å². The lowest BCUT2D eigenvalue weighted by atomic mass is 9.51. The number of ether oxygens (including phenoxy) is 1. The summed E-state index contributed by atoms with van der Waals surface area (Å²) in [6, 6.07) is 0. The molecular formula is C20H30O4. The first-order chi connectivity index (χ1) is 11.1. The summed E-state index contributed by atoms with van der Waals surface area (Å²) >= 11 is 0. The molecule has 0 aromatic rings. The maximum atomic E-state index is 12.2. The number of aliphatic hydroxyl groups is 1. The highest BCUT2D eigenvalue weighted by atomic mass is 16.6. The Morgan fingerprint density at radius 1 is 1.38 bits per heavy atom. The average Bonchev–Trinajstić information content (AvgIpc) is 2.51. The molecule has 4 nitrogen and oxygen atoms in total. The molecule has 0 bridgehead atoms. The highest BCUT2D eigenvalue weighted by Crippen LogP contribution is 2.55. The molecule has 0 aromatic carbocycles. The van der Waals surface area contributed by atoms with E-state index in [1.807, 2.05) is 6.92 Å². The molecule has 0 aliphatic heterocycles. The molecule has 2 saturated carbocycles. The first-order valence-corrected chi connectivity index (χ1v) is 8.80. The molecule has 24 heavy (non-hydrogen) atoms. The predicted octanol–water partition coefficient (Wildman–Crippen LogP) is 3.44. The summed E-state index contributed by atoms with van der Waals surface area (Å²) < 4.78 is 5.67. The van der Waals surface area contributed by atoms with Gasteiger partial charge in [-0.05, 0) is 38.5 Å². The summed E-state index contributed by atoms with van der Waals surface area (Å²) in [5.74, 6) is -0.285. The van der Waals surface area contributed by atoms with Crippen molar-refractivity contribution in [2.24, 2.45) is 23.2 Å². The van der Waals surface area contributed by atoms with Gasteiger partial charge in [0.15, 0.2) is 0 Å². The zero-order chi connectivity index (χ0) is 18.2. The third kappa shape index (κ3) is 3.21. The molecule has 0 unspecified atom stereocenters. The normalized spacial score (nSPS) is 40.0. The van der Waals surface area contributed by atoms with Crippen LogP contribution in [0.25, 0.3) is 0 Å². The number of ketones is 1. The van der Waals surface area contributed by atoms with Crippen molar-refractivity contribution in [3.63, 3.8) is 0 Å². The van der Waals surface area contributed by atoms with Crippen LogP contribution in [0.5, 0.6) is 0 Å². The Kier molecular flexibility index (Phi) is 5.38. The van der Waals surface area contributed by atoms with Crippen LogP contribution in [0.3, 0.4) is 0 Å². The highest BCUT2D eigenvalue weighted by Gasteiger charge is 2.56. The van der Waals surface area contributed by atoms with E-state index in [0.717, 1.165) is 12.0 Å². The molecule has 6 atom stereocenters. The lowest BCUT2D eigenvalue weighted by Crippen LogP contribution is -2.58. The van der Waals surface area contributed by atoms with Crippen LogP contribution in [0.4, 0.5) is 0 Å². The van der Waals surface area contributed by atoms with Gasteiger partial charge < -0.3 is 9.84 Å². The van der Waals surface area contributed by atoms with Crippen LogP contribution in [0, 0.1) is 23.2 Å². The average molecular weight is 334 g/mol. The quantitative estimate of drug-likeness (QED) is 0.488. The van der Waals surface area contributed by atoms with E-state index in [4.69, 9.17) is 4.74 Å². The Bertz CT molecular complexity index is 576. The van der Waals surface area contributed by atoms with Crippen LogP contribution in [0.2, 0.25) is 0 Å². The van der Waals surface area contributed by atoms with E-state index in [-0.39, 0.29) is 29.0 Å². The fourth-order valence-electron chi connectivity index (χ4n) is 4.36.